The number of nitrogens with two attached hydrogens (primary N) is 1. The number of hydrogen-bond acceptors (Lipinski definition) is 3. The highest BCUT2D eigenvalue weighted by Gasteiger charge is 2.13. The number of nitrogen functional groups attached to an aromatic ring is 1. The van der Waals surface area contributed by atoms with E-state index in [0.29, 0.717) is 11.3 Å². The number of phenols is 1. The molecular formula is C9H10ClNO2. The molecule has 0 heterocycles. The second-order valence-electron chi connectivity index (χ2n) is 2.79. The van der Waals surface area contributed by atoms with Gasteiger partial charge in [-0.05, 0) is 19.1 Å². The molecule has 0 saturated heterocycles. The summed E-state index contributed by atoms with van der Waals surface area (Å²) in [4.78, 5) is 11.4. The molecule has 0 radical (unpaired) electrons. The van der Waals surface area contributed by atoms with Gasteiger partial charge in [0.2, 0.25) is 0 Å². The standard InChI is InChI=1S/C9H10ClNO2/c1-5(10)9(13)6-2-7(11)4-8(12)3-6/h2-5,12H,11H2,1H3. The van der Waals surface area contributed by atoms with Gasteiger partial charge in [0.1, 0.15) is 5.75 Å². The number of carbonyl (C=O) groups excluding carboxylic acids is 1. The summed E-state index contributed by atoms with van der Waals surface area (Å²) in [5.41, 5.74) is 6.12. The number of phenolic OH excluding ortho intramolecular Hbond substituents is 1. The lowest BCUT2D eigenvalue weighted by Gasteiger charge is -2.04. The number of benzene rings is 1. The topological polar surface area (TPSA) is 63.3 Å². The van der Waals surface area contributed by atoms with Crippen LogP contribution in [0.4, 0.5) is 5.69 Å². The van der Waals surface area contributed by atoms with Crippen LogP contribution in [0.5, 0.6) is 5.75 Å². The summed E-state index contributed by atoms with van der Waals surface area (Å²) in [7, 11) is 0. The van der Waals surface area contributed by atoms with Crippen LogP contribution in [-0.4, -0.2) is 16.3 Å². The van der Waals surface area contributed by atoms with Crippen molar-refractivity contribution in [3.63, 3.8) is 0 Å². The molecule has 1 aromatic rings. The summed E-state index contributed by atoms with van der Waals surface area (Å²) in [6.45, 7) is 1.57. The van der Waals surface area contributed by atoms with E-state index >= 15 is 0 Å². The van der Waals surface area contributed by atoms with Crippen LogP contribution in [0.2, 0.25) is 0 Å². The van der Waals surface area contributed by atoms with E-state index in [-0.39, 0.29) is 11.5 Å². The Morgan fingerprint density at radius 1 is 1.54 bits per heavy atom. The van der Waals surface area contributed by atoms with Crippen molar-refractivity contribution in [1.82, 2.24) is 0 Å². The molecule has 1 unspecified atom stereocenters. The van der Waals surface area contributed by atoms with Gasteiger partial charge >= 0.3 is 0 Å². The monoisotopic (exact) mass is 199 g/mol. The Hall–Kier alpha value is -1.22. The average molecular weight is 200 g/mol. The predicted octanol–water partition coefficient (Wildman–Crippen LogP) is 1.78. The van der Waals surface area contributed by atoms with E-state index in [4.69, 9.17) is 22.4 Å². The van der Waals surface area contributed by atoms with Gasteiger partial charge in [0, 0.05) is 17.3 Å². The summed E-state index contributed by atoms with van der Waals surface area (Å²) in [6, 6.07) is 4.20. The fourth-order valence-corrected chi connectivity index (χ4v) is 1.13. The molecule has 70 valence electrons. The molecule has 0 amide bonds. The van der Waals surface area contributed by atoms with E-state index in [1.165, 1.54) is 18.2 Å². The number of alkyl halides is 1. The fraction of sp³-hybridized carbons (Fsp3) is 0.222. The first-order valence-corrected chi connectivity index (χ1v) is 4.22. The number of Topliss-reactive ketones (excluding diaryl/α,β-unsaturated/α-hetero) is 1. The van der Waals surface area contributed by atoms with Gasteiger partial charge in [-0.2, -0.15) is 0 Å². The maximum Gasteiger partial charge on any atom is 0.180 e. The second kappa shape index (κ2) is 3.66. The largest absolute Gasteiger partial charge is 0.508 e. The molecule has 1 atom stereocenters. The second-order valence-corrected chi connectivity index (χ2v) is 3.45. The molecule has 3 nitrogen and oxygen atoms in total. The maximum atomic E-state index is 11.4. The Bertz CT molecular complexity index is 316. The molecule has 0 saturated carbocycles. The summed E-state index contributed by atoms with van der Waals surface area (Å²) >= 11 is 5.60. The molecule has 0 fully saturated rings. The molecule has 0 aromatic heterocycles. The fourth-order valence-electron chi connectivity index (χ4n) is 1.01. The highest BCUT2D eigenvalue weighted by molar-refractivity contribution is 6.33. The first-order valence-electron chi connectivity index (χ1n) is 3.78. The lowest BCUT2D eigenvalue weighted by Crippen LogP contribution is -2.10. The minimum absolute atomic E-state index is 0.0272. The molecule has 0 aliphatic rings. The number of hydrogen-bond donors (Lipinski definition) is 2. The van der Waals surface area contributed by atoms with E-state index in [1.54, 1.807) is 6.92 Å². The number of halogens is 1. The predicted molar refractivity (Wildman–Crippen MR) is 52.2 cm³/mol. The van der Waals surface area contributed by atoms with Crippen molar-refractivity contribution < 1.29 is 9.90 Å². The zero-order chi connectivity index (χ0) is 10.0. The van der Waals surface area contributed by atoms with Crippen LogP contribution < -0.4 is 5.73 Å². The van der Waals surface area contributed by atoms with Crippen molar-refractivity contribution >= 4 is 23.1 Å². The molecule has 3 N–H and O–H groups in total. The lowest BCUT2D eigenvalue weighted by molar-refractivity contribution is 0.0991. The lowest BCUT2D eigenvalue weighted by atomic mass is 10.1. The zero-order valence-electron chi connectivity index (χ0n) is 7.12. The normalized spacial score (nSPS) is 12.5. The zero-order valence-corrected chi connectivity index (χ0v) is 7.88. The van der Waals surface area contributed by atoms with E-state index < -0.39 is 5.38 Å². The van der Waals surface area contributed by atoms with Gasteiger partial charge in [0.25, 0.3) is 0 Å². The number of anilines is 1. The third kappa shape index (κ3) is 2.36. The van der Waals surface area contributed by atoms with Crippen molar-refractivity contribution in [2.45, 2.75) is 12.3 Å². The van der Waals surface area contributed by atoms with Crippen molar-refractivity contribution in [2.75, 3.05) is 5.73 Å². The van der Waals surface area contributed by atoms with Crippen molar-refractivity contribution in [1.29, 1.82) is 0 Å². The Balaban J connectivity index is 3.08. The van der Waals surface area contributed by atoms with Crippen LogP contribution in [0.1, 0.15) is 17.3 Å². The van der Waals surface area contributed by atoms with Crippen LogP contribution in [0, 0.1) is 0 Å². The molecule has 1 aromatic carbocycles. The third-order valence-electron chi connectivity index (χ3n) is 1.59. The van der Waals surface area contributed by atoms with Gasteiger partial charge in [0.05, 0.1) is 5.38 Å². The SMILES string of the molecule is CC(Cl)C(=O)c1cc(N)cc(O)c1. The minimum atomic E-state index is -0.610. The van der Waals surface area contributed by atoms with Crippen molar-refractivity contribution in [2.24, 2.45) is 0 Å². The third-order valence-corrected chi connectivity index (χ3v) is 1.78. The van der Waals surface area contributed by atoms with Crippen LogP contribution in [0.15, 0.2) is 18.2 Å². The van der Waals surface area contributed by atoms with Gasteiger partial charge in [-0.1, -0.05) is 0 Å². The van der Waals surface area contributed by atoms with E-state index in [2.05, 4.69) is 0 Å². The van der Waals surface area contributed by atoms with Gasteiger partial charge in [-0.3, -0.25) is 4.79 Å². The highest BCUT2D eigenvalue weighted by atomic mass is 35.5. The minimum Gasteiger partial charge on any atom is -0.508 e. The summed E-state index contributed by atoms with van der Waals surface area (Å²) in [5.74, 6) is -0.273. The summed E-state index contributed by atoms with van der Waals surface area (Å²) in [6.07, 6.45) is 0. The molecular weight excluding hydrogens is 190 g/mol. The quantitative estimate of drug-likeness (QED) is 0.434. The van der Waals surface area contributed by atoms with Crippen LogP contribution in [-0.2, 0) is 0 Å². The van der Waals surface area contributed by atoms with Crippen LogP contribution in [0.3, 0.4) is 0 Å². The molecule has 0 bridgehead atoms. The van der Waals surface area contributed by atoms with Gasteiger partial charge in [-0.15, -0.1) is 11.6 Å². The maximum absolute atomic E-state index is 11.4. The Morgan fingerprint density at radius 3 is 2.62 bits per heavy atom. The number of rotatable bonds is 2. The number of ketones is 1. The summed E-state index contributed by atoms with van der Waals surface area (Å²) in [5, 5.41) is 8.54. The molecule has 4 heteroatoms. The molecule has 1 rings (SSSR count). The summed E-state index contributed by atoms with van der Waals surface area (Å²) < 4.78 is 0. The van der Waals surface area contributed by atoms with E-state index in [0.717, 1.165) is 0 Å². The smallest absolute Gasteiger partial charge is 0.180 e. The molecule has 13 heavy (non-hydrogen) atoms. The van der Waals surface area contributed by atoms with E-state index in [9.17, 15) is 4.79 Å². The van der Waals surface area contributed by atoms with Gasteiger partial charge in [-0.25, -0.2) is 0 Å². The Labute approximate surface area is 81.1 Å². The Morgan fingerprint density at radius 2 is 2.15 bits per heavy atom. The van der Waals surface area contributed by atoms with Gasteiger partial charge in [0.15, 0.2) is 5.78 Å². The van der Waals surface area contributed by atoms with Crippen molar-refractivity contribution in [3.05, 3.63) is 23.8 Å². The Kier molecular flexibility index (Phi) is 2.78. The molecule has 0 aliphatic carbocycles. The first-order chi connectivity index (χ1) is 6.00. The van der Waals surface area contributed by atoms with Crippen LogP contribution >= 0.6 is 11.6 Å². The average Bonchev–Trinajstić information content (AvgIpc) is 2.01. The van der Waals surface area contributed by atoms with E-state index in [1.807, 2.05) is 0 Å². The van der Waals surface area contributed by atoms with Gasteiger partial charge < -0.3 is 10.8 Å². The number of aromatic hydroxyl groups is 1. The van der Waals surface area contributed by atoms with Crippen molar-refractivity contribution in [3.8, 4) is 5.75 Å². The molecule has 0 spiro atoms. The first kappa shape index (κ1) is 9.86. The number of carbonyl (C=O) groups is 1. The highest BCUT2D eigenvalue weighted by Crippen LogP contribution is 2.19. The molecule has 0 aliphatic heterocycles. The van der Waals surface area contributed by atoms with Crippen LogP contribution in [0.25, 0.3) is 0 Å².